The molecule has 0 unspecified atom stereocenters. The number of anilines is 1. The van der Waals surface area contributed by atoms with Gasteiger partial charge in [-0.2, -0.15) is 4.31 Å². The molecule has 1 saturated heterocycles. The molecular weight excluding hydrogens is 318 g/mol. The smallest absolute Gasteiger partial charge is 0.243 e. The molecule has 1 aromatic rings. The predicted molar refractivity (Wildman–Crippen MR) is 84.4 cm³/mol. The van der Waals surface area contributed by atoms with Crippen LogP contribution in [0, 0.1) is 0 Å². The summed E-state index contributed by atoms with van der Waals surface area (Å²) in [6, 6.07) is 4.71. The summed E-state index contributed by atoms with van der Waals surface area (Å²) in [5.41, 5.74) is 1.38. The van der Waals surface area contributed by atoms with E-state index >= 15 is 0 Å². The molecule has 1 N–H and O–H groups in total. The quantitative estimate of drug-likeness (QED) is 0.866. The number of carbonyl (C=O) groups excluding carboxylic acids is 2. The molecule has 7 nitrogen and oxygen atoms in total. The normalized spacial score (nSPS) is 18.7. The van der Waals surface area contributed by atoms with Gasteiger partial charge in [-0.1, -0.05) is 6.92 Å². The molecule has 8 heteroatoms. The topological polar surface area (TPSA) is 86.8 Å². The summed E-state index contributed by atoms with van der Waals surface area (Å²) >= 11 is 0. The third-order valence-electron chi connectivity index (χ3n) is 4.23. The molecule has 0 bridgehead atoms. The van der Waals surface area contributed by atoms with Crippen molar-refractivity contribution in [3.8, 4) is 0 Å². The molecular formula is C15H19N3O4S. The Bertz CT molecular complexity index is 752. The molecule has 2 heterocycles. The Labute approximate surface area is 135 Å². The first kappa shape index (κ1) is 15.9. The van der Waals surface area contributed by atoms with Gasteiger partial charge in [0, 0.05) is 38.3 Å². The largest absolute Gasteiger partial charge is 0.340 e. The summed E-state index contributed by atoms with van der Waals surface area (Å²) in [4.78, 5) is 24.9. The Morgan fingerprint density at radius 2 is 1.91 bits per heavy atom. The molecule has 1 aromatic carbocycles. The molecule has 23 heavy (non-hydrogen) atoms. The highest BCUT2D eigenvalue weighted by molar-refractivity contribution is 7.89. The molecule has 0 saturated carbocycles. The SMILES string of the molecule is CCC(=O)N1CCN(S(=O)(=O)c2ccc3c(c2)CC(=O)N3)CC1. The third kappa shape index (κ3) is 2.96. The summed E-state index contributed by atoms with van der Waals surface area (Å²) in [6.45, 7) is 3.21. The highest BCUT2D eigenvalue weighted by Gasteiger charge is 2.30. The zero-order valence-electron chi connectivity index (χ0n) is 12.9. The maximum absolute atomic E-state index is 12.7. The average Bonchev–Trinajstić information content (AvgIpc) is 2.93. The number of amides is 2. The van der Waals surface area contributed by atoms with Gasteiger partial charge in [0.1, 0.15) is 0 Å². The van der Waals surface area contributed by atoms with Crippen LogP contribution in [0.25, 0.3) is 0 Å². The van der Waals surface area contributed by atoms with Crippen LogP contribution in [0.5, 0.6) is 0 Å². The van der Waals surface area contributed by atoms with E-state index in [0.717, 1.165) is 0 Å². The zero-order chi connectivity index (χ0) is 16.6. The number of rotatable bonds is 3. The number of hydrogen-bond donors (Lipinski definition) is 1. The van der Waals surface area contributed by atoms with Gasteiger partial charge in [0.15, 0.2) is 0 Å². The number of fused-ring (bicyclic) bond motifs is 1. The lowest BCUT2D eigenvalue weighted by atomic mass is 10.2. The maximum Gasteiger partial charge on any atom is 0.243 e. The lowest BCUT2D eigenvalue weighted by Gasteiger charge is -2.34. The lowest BCUT2D eigenvalue weighted by molar-refractivity contribution is -0.132. The Balaban J connectivity index is 1.77. The van der Waals surface area contributed by atoms with Crippen LogP contribution in [0.4, 0.5) is 5.69 Å². The van der Waals surface area contributed by atoms with Crippen molar-refractivity contribution >= 4 is 27.5 Å². The van der Waals surface area contributed by atoms with Crippen LogP contribution < -0.4 is 5.32 Å². The minimum atomic E-state index is -3.60. The fraction of sp³-hybridized carbons (Fsp3) is 0.467. The molecule has 2 aliphatic rings. The fourth-order valence-corrected chi connectivity index (χ4v) is 4.39. The van der Waals surface area contributed by atoms with Crippen LogP contribution in [-0.4, -0.2) is 55.6 Å². The number of sulfonamides is 1. The number of benzene rings is 1. The molecule has 3 rings (SSSR count). The van der Waals surface area contributed by atoms with Gasteiger partial charge in [0.25, 0.3) is 0 Å². The van der Waals surface area contributed by atoms with Gasteiger partial charge in [0.2, 0.25) is 21.8 Å². The van der Waals surface area contributed by atoms with Crippen molar-refractivity contribution in [2.75, 3.05) is 31.5 Å². The van der Waals surface area contributed by atoms with Crippen LogP contribution in [0.15, 0.2) is 23.1 Å². The van der Waals surface area contributed by atoms with Crippen LogP contribution >= 0.6 is 0 Å². The summed E-state index contributed by atoms with van der Waals surface area (Å²) in [7, 11) is -3.60. The number of nitrogens with zero attached hydrogens (tertiary/aromatic N) is 2. The van der Waals surface area contributed by atoms with E-state index < -0.39 is 10.0 Å². The first-order chi connectivity index (χ1) is 10.9. The molecule has 2 aliphatic heterocycles. The Kier molecular flexibility index (Phi) is 4.11. The van der Waals surface area contributed by atoms with Gasteiger partial charge in [-0.3, -0.25) is 9.59 Å². The average molecular weight is 337 g/mol. The van der Waals surface area contributed by atoms with Gasteiger partial charge in [-0.05, 0) is 23.8 Å². The van der Waals surface area contributed by atoms with Gasteiger partial charge in [-0.15, -0.1) is 0 Å². The van der Waals surface area contributed by atoms with Crippen LogP contribution in [-0.2, 0) is 26.0 Å². The second-order valence-corrected chi connectivity index (χ2v) is 7.62. The first-order valence-corrected chi connectivity index (χ1v) is 9.06. The highest BCUT2D eigenvalue weighted by atomic mass is 32.2. The monoisotopic (exact) mass is 337 g/mol. The van der Waals surface area contributed by atoms with Crippen LogP contribution in [0.3, 0.4) is 0 Å². The Morgan fingerprint density at radius 1 is 1.22 bits per heavy atom. The van der Waals surface area contributed by atoms with Gasteiger partial charge in [-0.25, -0.2) is 8.42 Å². The number of hydrogen-bond acceptors (Lipinski definition) is 4. The Hall–Kier alpha value is -1.93. The molecule has 0 aromatic heterocycles. The lowest BCUT2D eigenvalue weighted by Crippen LogP contribution is -2.50. The summed E-state index contributed by atoms with van der Waals surface area (Å²) < 4.78 is 26.9. The van der Waals surface area contributed by atoms with E-state index in [0.29, 0.717) is 43.9 Å². The highest BCUT2D eigenvalue weighted by Crippen LogP contribution is 2.27. The van der Waals surface area contributed by atoms with Crippen molar-refractivity contribution in [2.24, 2.45) is 0 Å². The summed E-state index contributed by atoms with van der Waals surface area (Å²) in [5, 5.41) is 2.69. The molecule has 0 atom stereocenters. The molecule has 2 amide bonds. The number of nitrogens with one attached hydrogen (secondary N) is 1. The molecule has 124 valence electrons. The van der Waals surface area contributed by atoms with E-state index in [4.69, 9.17) is 0 Å². The van der Waals surface area contributed by atoms with E-state index in [1.54, 1.807) is 24.0 Å². The molecule has 0 radical (unpaired) electrons. The summed E-state index contributed by atoms with van der Waals surface area (Å²) in [6.07, 6.45) is 0.635. The maximum atomic E-state index is 12.7. The van der Waals surface area contributed by atoms with E-state index in [2.05, 4.69) is 5.32 Å². The number of carbonyl (C=O) groups is 2. The third-order valence-corrected chi connectivity index (χ3v) is 6.13. The summed E-state index contributed by atoms with van der Waals surface area (Å²) in [5.74, 6) is -0.0783. The minimum absolute atomic E-state index is 0.0455. The predicted octanol–water partition coefficient (Wildman–Crippen LogP) is 0.424. The van der Waals surface area contributed by atoms with Gasteiger partial charge in [0.05, 0.1) is 11.3 Å². The second-order valence-electron chi connectivity index (χ2n) is 5.68. The van der Waals surface area contributed by atoms with E-state index in [9.17, 15) is 18.0 Å². The molecule has 0 spiro atoms. The van der Waals surface area contributed by atoms with Crippen LogP contribution in [0.2, 0.25) is 0 Å². The van der Waals surface area contributed by atoms with Crippen molar-refractivity contribution in [3.63, 3.8) is 0 Å². The number of piperazine rings is 1. The minimum Gasteiger partial charge on any atom is -0.340 e. The molecule has 1 fully saturated rings. The van der Waals surface area contributed by atoms with Gasteiger partial charge < -0.3 is 10.2 Å². The first-order valence-electron chi connectivity index (χ1n) is 7.62. The standard InChI is InChI=1S/C15H19N3O4S/c1-2-15(20)17-5-7-18(8-6-17)23(21,22)12-3-4-13-11(9-12)10-14(19)16-13/h3-4,9H,2,5-8,10H2,1H3,(H,16,19). The van der Waals surface area contributed by atoms with E-state index in [-0.39, 0.29) is 23.1 Å². The Morgan fingerprint density at radius 3 is 2.57 bits per heavy atom. The van der Waals surface area contributed by atoms with Crippen molar-refractivity contribution in [1.82, 2.24) is 9.21 Å². The molecule has 0 aliphatic carbocycles. The van der Waals surface area contributed by atoms with Crippen molar-refractivity contribution in [2.45, 2.75) is 24.7 Å². The van der Waals surface area contributed by atoms with E-state index in [1.807, 2.05) is 0 Å². The second kappa shape index (κ2) is 5.93. The zero-order valence-corrected chi connectivity index (χ0v) is 13.7. The van der Waals surface area contributed by atoms with Crippen molar-refractivity contribution < 1.29 is 18.0 Å². The fourth-order valence-electron chi connectivity index (χ4n) is 2.92. The van der Waals surface area contributed by atoms with E-state index in [1.165, 1.54) is 10.4 Å². The van der Waals surface area contributed by atoms with Crippen molar-refractivity contribution in [1.29, 1.82) is 0 Å². The van der Waals surface area contributed by atoms with Gasteiger partial charge >= 0.3 is 0 Å². The van der Waals surface area contributed by atoms with Crippen LogP contribution in [0.1, 0.15) is 18.9 Å². The van der Waals surface area contributed by atoms with Crippen molar-refractivity contribution in [3.05, 3.63) is 23.8 Å².